The molecule has 102 valence electrons. The summed E-state index contributed by atoms with van der Waals surface area (Å²) < 4.78 is 0. The number of phenolic OH excluding ortho intramolecular Hbond substituents is 2. The number of hydrogen-bond acceptors (Lipinski definition) is 4. The fourth-order valence-corrected chi connectivity index (χ4v) is 2.33. The number of likely N-dealkylation sites (tertiary alicyclic amines) is 1. The molecule has 1 aromatic rings. The topological polar surface area (TPSA) is 98.1 Å². The maximum Gasteiger partial charge on any atom is 0.308 e. The average molecular weight is 265 g/mol. The Kier molecular flexibility index (Phi) is 3.33. The van der Waals surface area contributed by atoms with Crippen molar-refractivity contribution in [3.63, 3.8) is 0 Å². The van der Waals surface area contributed by atoms with E-state index in [0.717, 1.165) is 6.07 Å². The number of aliphatic carboxylic acids is 1. The number of nitrogens with zero attached hydrogens (tertiary/aromatic N) is 1. The van der Waals surface area contributed by atoms with Crippen LogP contribution in [0.2, 0.25) is 0 Å². The molecule has 1 amide bonds. The van der Waals surface area contributed by atoms with Gasteiger partial charge in [-0.2, -0.15) is 0 Å². The van der Waals surface area contributed by atoms with E-state index >= 15 is 0 Å². The van der Waals surface area contributed by atoms with Crippen LogP contribution in [0, 0.1) is 11.8 Å². The van der Waals surface area contributed by atoms with Crippen LogP contribution in [0.5, 0.6) is 11.5 Å². The third kappa shape index (κ3) is 2.47. The number of carbonyl (C=O) groups excluding carboxylic acids is 1. The van der Waals surface area contributed by atoms with Crippen molar-refractivity contribution in [2.75, 3.05) is 13.1 Å². The third-order valence-electron chi connectivity index (χ3n) is 3.43. The monoisotopic (exact) mass is 265 g/mol. The quantitative estimate of drug-likeness (QED) is 0.737. The number of benzene rings is 1. The first-order valence-electron chi connectivity index (χ1n) is 5.94. The number of hydrogen-bond donors (Lipinski definition) is 3. The summed E-state index contributed by atoms with van der Waals surface area (Å²) in [5.41, 5.74) is 0.0658. The van der Waals surface area contributed by atoms with E-state index in [9.17, 15) is 19.8 Å². The predicted molar refractivity (Wildman–Crippen MR) is 66.0 cm³/mol. The molecular formula is C13H15NO5. The fourth-order valence-electron chi connectivity index (χ4n) is 2.33. The molecule has 6 nitrogen and oxygen atoms in total. The molecule has 0 radical (unpaired) electrons. The zero-order chi connectivity index (χ0) is 14.2. The van der Waals surface area contributed by atoms with E-state index < -0.39 is 17.8 Å². The van der Waals surface area contributed by atoms with Crippen molar-refractivity contribution in [1.29, 1.82) is 0 Å². The first-order chi connectivity index (χ1) is 8.90. The van der Waals surface area contributed by atoms with Gasteiger partial charge in [0, 0.05) is 19.2 Å². The third-order valence-corrected chi connectivity index (χ3v) is 3.43. The van der Waals surface area contributed by atoms with Crippen molar-refractivity contribution >= 4 is 11.9 Å². The lowest BCUT2D eigenvalue weighted by molar-refractivity contribution is -0.142. The van der Waals surface area contributed by atoms with Gasteiger partial charge in [-0.25, -0.2) is 0 Å². The smallest absolute Gasteiger partial charge is 0.308 e. The van der Waals surface area contributed by atoms with Gasteiger partial charge in [0.1, 0.15) is 11.5 Å². The molecule has 2 atom stereocenters. The van der Waals surface area contributed by atoms with E-state index in [1.165, 1.54) is 17.0 Å². The van der Waals surface area contributed by atoms with Crippen LogP contribution in [0.15, 0.2) is 18.2 Å². The Morgan fingerprint density at radius 2 is 1.95 bits per heavy atom. The summed E-state index contributed by atoms with van der Waals surface area (Å²) in [5.74, 6) is -2.49. The van der Waals surface area contributed by atoms with Crippen LogP contribution in [-0.4, -0.2) is 45.2 Å². The number of carbonyl (C=O) groups is 2. The number of carboxylic acids is 1. The predicted octanol–water partition coefficient (Wildman–Crippen LogP) is 0.890. The van der Waals surface area contributed by atoms with E-state index in [0.29, 0.717) is 6.54 Å². The molecule has 2 rings (SSSR count). The summed E-state index contributed by atoms with van der Waals surface area (Å²) in [6.45, 7) is 2.26. The van der Waals surface area contributed by atoms with Crippen LogP contribution in [0.3, 0.4) is 0 Å². The highest BCUT2D eigenvalue weighted by molar-refractivity contribution is 5.97. The Bertz CT molecular complexity index is 528. The molecule has 0 aliphatic carbocycles. The van der Waals surface area contributed by atoms with E-state index in [1.807, 2.05) is 0 Å². The lowest BCUT2D eigenvalue weighted by Gasteiger charge is -2.16. The van der Waals surface area contributed by atoms with Crippen molar-refractivity contribution in [1.82, 2.24) is 4.90 Å². The second-order valence-electron chi connectivity index (χ2n) is 4.83. The molecule has 19 heavy (non-hydrogen) atoms. The van der Waals surface area contributed by atoms with E-state index in [-0.39, 0.29) is 29.5 Å². The SMILES string of the molecule is C[C@@H]1CN(C(=O)c2ccc(O)cc2O)C[C@H]1C(=O)O. The maximum atomic E-state index is 12.2. The molecule has 1 aliphatic heterocycles. The van der Waals surface area contributed by atoms with Crippen molar-refractivity contribution < 1.29 is 24.9 Å². The molecule has 6 heteroatoms. The molecule has 1 aromatic carbocycles. The molecular weight excluding hydrogens is 250 g/mol. The van der Waals surface area contributed by atoms with Gasteiger partial charge in [-0.05, 0) is 18.1 Å². The largest absolute Gasteiger partial charge is 0.508 e. The summed E-state index contributed by atoms with van der Waals surface area (Å²) >= 11 is 0. The highest BCUT2D eigenvalue weighted by atomic mass is 16.4. The zero-order valence-electron chi connectivity index (χ0n) is 10.4. The highest BCUT2D eigenvalue weighted by Crippen LogP contribution is 2.28. The lowest BCUT2D eigenvalue weighted by atomic mass is 9.99. The molecule has 0 aromatic heterocycles. The van der Waals surface area contributed by atoms with Gasteiger partial charge >= 0.3 is 5.97 Å². The standard InChI is InChI=1S/C13H15NO5/c1-7-5-14(6-10(7)13(18)19)12(17)9-3-2-8(15)4-11(9)16/h2-4,7,10,15-16H,5-6H2,1H3,(H,18,19)/t7-,10-/m1/s1. The summed E-state index contributed by atoms with van der Waals surface area (Å²) in [5, 5.41) is 27.8. The summed E-state index contributed by atoms with van der Waals surface area (Å²) in [6.07, 6.45) is 0. The molecule has 1 aliphatic rings. The average Bonchev–Trinajstić information content (AvgIpc) is 2.70. The molecule has 0 bridgehead atoms. The van der Waals surface area contributed by atoms with Crippen LogP contribution < -0.4 is 0 Å². The van der Waals surface area contributed by atoms with Crippen LogP contribution >= 0.6 is 0 Å². The Morgan fingerprint density at radius 3 is 2.47 bits per heavy atom. The minimum Gasteiger partial charge on any atom is -0.508 e. The van der Waals surface area contributed by atoms with Gasteiger partial charge in [-0.3, -0.25) is 9.59 Å². The fraction of sp³-hybridized carbons (Fsp3) is 0.385. The van der Waals surface area contributed by atoms with Gasteiger partial charge in [-0.15, -0.1) is 0 Å². The lowest BCUT2D eigenvalue weighted by Crippen LogP contribution is -2.29. The van der Waals surface area contributed by atoms with E-state index in [4.69, 9.17) is 5.11 Å². The van der Waals surface area contributed by atoms with Gasteiger partial charge in [-0.1, -0.05) is 6.92 Å². The second kappa shape index (κ2) is 4.79. The van der Waals surface area contributed by atoms with Crippen molar-refractivity contribution in [3.05, 3.63) is 23.8 Å². The molecule has 3 N–H and O–H groups in total. The maximum absolute atomic E-state index is 12.2. The first-order valence-corrected chi connectivity index (χ1v) is 5.94. The van der Waals surface area contributed by atoms with Crippen molar-refractivity contribution in [2.45, 2.75) is 6.92 Å². The Labute approximate surface area is 109 Å². The number of phenols is 2. The molecule has 1 saturated heterocycles. The van der Waals surface area contributed by atoms with Crippen LogP contribution in [0.4, 0.5) is 0 Å². The number of aromatic hydroxyl groups is 2. The van der Waals surface area contributed by atoms with Crippen LogP contribution in [-0.2, 0) is 4.79 Å². The Balaban J connectivity index is 2.19. The number of rotatable bonds is 2. The van der Waals surface area contributed by atoms with Gasteiger partial charge in [0.15, 0.2) is 0 Å². The van der Waals surface area contributed by atoms with Gasteiger partial charge < -0.3 is 20.2 Å². The van der Waals surface area contributed by atoms with Gasteiger partial charge in [0.05, 0.1) is 11.5 Å². The zero-order valence-corrected chi connectivity index (χ0v) is 10.4. The van der Waals surface area contributed by atoms with Crippen molar-refractivity contribution in [3.8, 4) is 11.5 Å². The molecule has 0 spiro atoms. The summed E-state index contributed by atoms with van der Waals surface area (Å²) in [6, 6.07) is 3.72. The minimum atomic E-state index is -0.919. The minimum absolute atomic E-state index is 0.0658. The molecule has 0 saturated carbocycles. The number of amides is 1. The Hall–Kier alpha value is -2.24. The first kappa shape index (κ1) is 13.2. The summed E-state index contributed by atoms with van der Waals surface area (Å²) in [7, 11) is 0. The van der Waals surface area contributed by atoms with E-state index in [2.05, 4.69) is 0 Å². The highest BCUT2D eigenvalue weighted by Gasteiger charge is 2.37. The van der Waals surface area contributed by atoms with Crippen LogP contribution in [0.1, 0.15) is 17.3 Å². The number of carboxylic acid groups (broad SMARTS) is 1. The molecule has 0 unspecified atom stereocenters. The van der Waals surface area contributed by atoms with Gasteiger partial charge in [0.25, 0.3) is 5.91 Å². The van der Waals surface area contributed by atoms with Crippen molar-refractivity contribution in [2.24, 2.45) is 11.8 Å². The second-order valence-corrected chi connectivity index (χ2v) is 4.83. The summed E-state index contributed by atoms with van der Waals surface area (Å²) in [4.78, 5) is 24.6. The molecule has 1 fully saturated rings. The normalized spacial score (nSPS) is 22.5. The van der Waals surface area contributed by atoms with Gasteiger partial charge in [0.2, 0.25) is 0 Å². The Morgan fingerprint density at radius 1 is 1.26 bits per heavy atom. The van der Waals surface area contributed by atoms with Crippen LogP contribution in [0.25, 0.3) is 0 Å². The molecule has 1 heterocycles. The van der Waals surface area contributed by atoms with E-state index in [1.54, 1.807) is 6.92 Å².